The van der Waals surface area contributed by atoms with Crippen LogP contribution in [0.4, 0.5) is 0 Å². The highest BCUT2D eigenvalue weighted by atomic mass is 16.5. The lowest BCUT2D eigenvalue weighted by atomic mass is 9.67. The first-order valence-corrected chi connectivity index (χ1v) is 9.91. The zero-order valence-electron chi connectivity index (χ0n) is 16.9. The largest absolute Gasteiger partial charge is 0.512 e. The topological polar surface area (TPSA) is 63.6 Å². The Balaban J connectivity index is 2.09. The van der Waals surface area contributed by atoms with Gasteiger partial charge in [0, 0.05) is 18.3 Å². The van der Waals surface area contributed by atoms with Crippen molar-refractivity contribution < 1.29 is 19.4 Å². The van der Waals surface area contributed by atoms with E-state index in [-0.39, 0.29) is 23.6 Å². The van der Waals surface area contributed by atoms with Crippen molar-refractivity contribution in [1.82, 2.24) is 0 Å². The average Bonchev–Trinajstić information content (AvgIpc) is 2.84. The summed E-state index contributed by atoms with van der Waals surface area (Å²) in [5.41, 5.74) is 0.979. The van der Waals surface area contributed by atoms with Crippen LogP contribution >= 0.6 is 0 Å². The average molecular weight is 363 g/mol. The van der Waals surface area contributed by atoms with Gasteiger partial charge in [-0.3, -0.25) is 4.79 Å². The highest BCUT2D eigenvalue weighted by Gasteiger charge is 2.48. The lowest BCUT2D eigenvalue weighted by molar-refractivity contribution is -0.137. The highest BCUT2D eigenvalue weighted by Crippen LogP contribution is 2.56. The number of carbonyl (C=O) groups excluding carboxylic acids is 2. The van der Waals surface area contributed by atoms with Crippen molar-refractivity contribution in [1.29, 1.82) is 0 Å². The van der Waals surface area contributed by atoms with Crippen molar-refractivity contribution in [3.05, 3.63) is 23.5 Å². The Morgan fingerprint density at radius 2 is 2.08 bits per heavy atom. The molecule has 0 radical (unpaired) electrons. The van der Waals surface area contributed by atoms with Gasteiger partial charge in [0.05, 0.1) is 18.4 Å². The van der Waals surface area contributed by atoms with E-state index in [1.165, 1.54) is 5.57 Å². The summed E-state index contributed by atoms with van der Waals surface area (Å²) in [7, 11) is 0. The first-order valence-electron chi connectivity index (χ1n) is 9.91. The summed E-state index contributed by atoms with van der Waals surface area (Å²) in [6.07, 6.45) is 7.75. The van der Waals surface area contributed by atoms with E-state index in [1.807, 2.05) is 6.92 Å². The van der Waals surface area contributed by atoms with Crippen LogP contribution in [-0.4, -0.2) is 23.5 Å². The van der Waals surface area contributed by atoms with Crippen molar-refractivity contribution in [2.24, 2.45) is 22.7 Å². The van der Waals surface area contributed by atoms with Crippen LogP contribution < -0.4 is 0 Å². The summed E-state index contributed by atoms with van der Waals surface area (Å²) < 4.78 is 4.82. The van der Waals surface area contributed by atoms with Gasteiger partial charge in [-0.2, -0.15) is 0 Å². The number of carbonyl (C=O) groups is 2. The van der Waals surface area contributed by atoms with Gasteiger partial charge in [0.1, 0.15) is 5.78 Å². The molecule has 0 saturated heterocycles. The lowest BCUT2D eigenvalue weighted by Gasteiger charge is -2.37. The van der Waals surface area contributed by atoms with Gasteiger partial charge in [-0.25, -0.2) is 4.79 Å². The fourth-order valence-corrected chi connectivity index (χ4v) is 4.75. The van der Waals surface area contributed by atoms with Gasteiger partial charge in [0.2, 0.25) is 0 Å². The number of hydrogen-bond acceptors (Lipinski definition) is 4. The summed E-state index contributed by atoms with van der Waals surface area (Å²) in [5, 5.41) is 10.0. The Bertz CT molecular complexity index is 616. The Hall–Kier alpha value is -1.58. The Labute approximate surface area is 157 Å². The molecule has 2 aliphatic rings. The molecular formula is C22H34O4. The Kier molecular flexibility index (Phi) is 6.36. The summed E-state index contributed by atoms with van der Waals surface area (Å²) in [6.45, 7) is 10.9. The normalized spacial score (nSPS) is 32.2. The monoisotopic (exact) mass is 362 g/mol. The van der Waals surface area contributed by atoms with Crippen molar-refractivity contribution in [3.63, 3.8) is 0 Å². The number of ketones is 1. The molecule has 26 heavy (non-hydrogen) atoms. The minimum Gasteiger partial charge on any atom is -0.512 e. The molecule has 0 aliphatic heterocycles. The van der Waals surface area contributed by atoms with Gasteiger partial charge >= 0.3 is 5.97 Å². The predicted octanol–water partition coefficient (Wildman–Crippen LogP) is 5.14. The van der Waals surface area contributed by atoms with Crippen molar-refractivity contribution in [3.8, 4) is 0 Å². The molecule has 1 fully saturated rings. The fraction of sp³-hybridized carbons (Fsp3) is 0.727. The van der Waals surface area contributed by atoms with E-state index in [2.05, 4.69) is 26.8 Å². The van der Waals surface area contributed by atoms with Crippen LogP contribution in [0.2, 0.25) is 0 Å². The third-order valence-corrected chi connectivity index (χ3v) is 6.70. The van der Waals surface area contributed by atoms with Crippen molar-refractivity contribution in [2.45, 2.75) is 73.1 Å². The number of aliphatic hydroxyl groups is 1. The number of ether oxygens (including phenoxy) is 1. The van der Waals surface area contributed by atoms with Crippen molar-refractivity contribution >= 4 is 11.8 Å². The number of esters is 1. The second-order valence-electron chi connectivity index (χ2n) is 8.78. The number of rotatable bonds is 6. The van der Waals surface area contributed by atoms with E-state index in [9.17, 15) is 14.7 Å². The zero-order chi connectivity index (χ0) is 19.5. The van der Waals surface area contributed by atoms with E-state index >= 15 is 0 Å². The van der Waals surface area contributed by atoms with Crippen LogP contribution in [0.5, 0.6) is 0 Å². The summed E-state index contributed by atoms with van der Waals surface area (Å²) in [6, 6.07) is 0. The number of hydrogen-bond donors (Lipinski definition) is 1. The molecule has 1 N–H and O–H groups in total. The number of fused-ring (bicyclic) bond motifs is 1. The zero-order valence-corrected chi connectivity index (χ0v) is 16.9. The fourth-order valence-electron chi connectivity index (χ4n) is 4.75. The minimum absolute atomic E-state index is 0.00704. The molecule has 0 heterocycles. The number of Topliss-reactive ketones (excluding diaryl/α,β-unsaturated/α-hetero) is 1. The molecule has 0 aromatic rings. The lowest BCUT2D eigenvalue weighted by Crippen LogP contribution is -2.29. The smallest absolute Gasteiger partial charge is 0.334 e. The van der Waals surface area contributed by atoms with E-state index < -0.39 is 11.4 Å². The van der Waals surface area contributed by atoms with Crippen LogP contribution in [0.25, 0.3) is 0 Å². The van der Waals surface area contributed by atoms with Gasteiger partial charge in [-0.05, 0) is 49.9 Å². The van der Waals surface area contributed by atoms with E-state index in [0.717, 1.165) is 25.3 Å². The number of allylic oxidation sites excluding steroid dienone is 3. The summed E-state index contributed by atoms with van der Waals surface area (Å²) in [5.74, 6) is 0.928. The molecule has 0 bridgehead atoms. The molecule has 0 unspecified atom stereocenters. The van der Waals surface area contributed by atoms with Crippen LogP contribution in [0.15, 0.2) is 23.5 Å². The van der Waals surface area contributed by atoms with Gasteiger partial charge in [-0.15, -0.1) is 0 Å². The van der Waals surface area contributed by atoms with Crippen LogP contribution in [-0.2, 0) is 14.3 Å². The van der Waals surface area contributed by atoms with Gasteiger partial charge in [0.15, 0.2) is 0 Å². The van der Waals surface area contributed by atoms with Crippen LogP contribution in [0.1, 0.15) is 73.1 Å². The van der Waals surface area contributed by atoms with E-state index in [4.69, 9.17) is 4.74 Å². The SMILES string of the molecule is CCOC(=O)/C=C(\O)CC[C@@]1(C)CC[C@@]2(C)C(=CC[C@@H]2C(C)C)CC1=O. The second kappa shape index (κ2) is 7.98. The van der Waals surface area contributed by atoms with Crippen LogP contribution in [0.3, 0.4) is 0 Å². The van der Waals surface area contributed by atoms with E-state index in [0.29, 0.717) is 31.1 Å². The standard InChI is InChI=1S/C22H34O4/c1-6-26-20(25)14-17(23)9-10-21(4)11-12-22(5)16(13-19(21)24)7-8-18(22)15(2)3/h7,14-15,18,23H,6,8-13H2,1-5H3/b17-14-/t18-,21+,22+/m1/s1. The van der Waals surface area contributed by atoms with Gasteiger partial charge in [-0.1, -0.05) is 39.3 Å². The minimum atomic E-state index is -0.533. The predicted molar refractivity (Wildman–Crippen MR) is 103 cm³/mol. The molecule has 0 aromatic heterocycles. The maximum absolute atomic E-state index is 13.0. The summed E-state index contributed by atoms with van der Waals surface area (Å²) >= 11 is 0. The molecule has 4 heteroatoms. The molecule has 0 spiro atoms. The second-order valence-corrected chi connectivity index (χ2v) is 8.78. The van der Waals surface area contributed by atoms with Crippen LogP contribution in [0, 0.1) is 22.7 Å². The Morgan fingerprint density at radius 3 is 2.69 bits per heavy atom. The molecule has 1 saturated carbocycles. The highest BCUT2D eigenvalue weighted by molar-refractivity contribution is 5.87. The summed E-state index contributed by atoms with van der Waals surface area (Å²) in [4.78, 5) is 24.4. The number of aliphatic hydroxyl groups excluding tert-OH is 1. The molecule has 146 valence electrons. The first-order chi connectivity index (χ1) is 12.1. The maximum atomic E-state index is 13.0. The third kappa shape index (κ3) is 4.21. The molecule has 2 aliphatic carbocycles. The molecular weight excluding hydrogens is 328 g/mol. The van der Waals surface area contributed by atoms with Crippen molar-refractivity contribution in [2.75, 3.05) is 6.61 Å². The van der Waals surface area contributed by atoms with E-state index in [1.54, 1.807) is 6.92 Å². The molecule has 3 atom stereocenters. The first kappa shape index (κ1) is 20.7. The van der Waals surface area contributed by atoms with Gasteiger partial charge < -0.3 is 9.84 Å². The quantitative estimate of drug-likeness (QED) is 0.307. The molecule has 4 nitrogen and oxygen atoms in total. The van der Waals surface area contributed by atoms with Gasteiger partial charge in [0.25, 0.3) is 0 Å². The molecule has 0 aromatic carbocycles. The molecule has 0 amide bonds. The maximum Gasteiger partial charge on any atom is 0.334 e. The molecule has 2 rings (SSSR count). The third-order valence-electron chi connectivity index (χ3n) is 6.70. The Morgan fingerprint density at radius 1 is 1.38 bits per heavy atom.